The Morgan fingerprint density at radius 2 is 1.84 bits per heavy atom. The van der Waals surface area contributed by atoms with Crippen molar-refractivity contribution in [2.75, 3.05) is 0 Å². The predicted octanol–water partition coefficient (Wildman–Crippen LogP) is 1.58. The highest BCUT2D eigenvalue weighted by atomic mass is 19.2. The number of ketones is 1. The van der Waals surface area contributed by atoms with Crippen LogP contribution in [0.4, 0.5) is 14.5 Å². The number of rotatable bonds is 4. The Balaban J connectivity index is 3.18. The van der Waals surface area contributed by atoms with E-state index in [1.54, 1.807) is 0 Å². The molecule has 1 unspecified atom stereocenters. The lowest BCUT2D eigenvalue weighted by molar-refractivity contribution is -0.385. The summed E-state index contributed by atoms with van der Waals surface area (Å²) in [6.45, 7) is 2.58. The lowest BCUT2D eigenvalue weighted by atomic mass is 10.1. The summed E-state index contributed by atoms with van der Waals surface area (Å²) in [6, 6.07) is -0.140. The standard InChI is InChI=1S/C11H10F2N2O4/c1-5(6(2)16)14-11(17)7-3-8(12)9(13)4-10(7)15(18)19/h3-5H,1-2H3,(H,14,17). The molecule has 1 amide bonds. The predicted molar refractivity (Wildman–Crippen MR) is 60.6 cm³/mol. The van der Waals surface area contributed by atoms with Crippen molar-refractivity contribution in [2.45, 2.75) is 19.9 Å². The van der Waals surface area contributed by atoms with Gasteiger partial charge in [0.2, 0.25) is 0 Å². The number of hydrogen-bond donors (Lipinski definition) is 1. The van der Waals surface area contributed by atoms with E-state index >= 15 is 0 Å². The number of hydrogen-bond acceptors (Lipinski definition) is 4. The quantitative estimate of drug-likeness (QED) is 0.665. The van der Waals surface area contributed by atoms with Gasteiger partial charge in [0.15, 0.2) is 17.4 Å². The molecule has 0 aliphatic heterocycles. The number of carbonyl (C=O) groups excluding carboxylic acids is 2. The smallest absolute Gasteiger partial charge is 0.285 e. The second-order valence-electron chi connectivity index (χ2n) is 3.85. The zero-order chi connectivity index (χ0) is 14.7. The summed E-state index contributed by atoms with van der Waals surface area (Å²) in [5.41, 5.74) is -1.51. The first-order valence-electron chi connectivity index (χ1n) is 5.18. The normalized spacial score (nSPS) is 11.8. The van der Waals surface area contributed by atoms with Gasteiger partial charge in [-0.2, -0.15) is 0 Å². The molecule has 0 spiro atoms. The molecule has 1 aromatic carbocycles. The van der Waals surface area contributed by atoms with Crippen molar-refractivity contribution in [2.24, 2.45) is 0 Å². The Kier molecular flexibility index (Phi) is 4.26. The van der Waals surface area contributed by atoms with Crippen LogP contribution >= 0.6 is 0 Å². The van der Waals surface area contributed by atoms with Crippen LogP contribution in [0.15, 0.2) is 12.1 Å². The molecule has 0 saturated heterocycles. The average molecular weight is 272 g/mol. The monoisotopic (exact) mass is 272 g/mol. The van der Waals surface area contributed by atoms with Gasteiger partial charge in [0.05, 0.1) is 17.0 Å². The summed E-state index contributed by atoms with van der Waals surface area (Å²) in [5.74, 6) is -4.21. The van der Waals surface area contributed by atoms with Gasteiger partial charge in [0.1, 0.15) is 5.56 Å². The highest BCUT2D eigenvalue weighted by Gasteiger charge is 2.25. The van der Waals surface area contributed by atoms with Crippen molar-refractivity contribution in [1.82, 2.24) is 5.32 Å². The van der Waals surface area contributed by atoms with Crippen LogP contribution in [0.25, 0.3) is 0 Å². The van der Waals surface area contributed by atoms with E-state index in [2.05, 4.69) is 5.32 Å². The summed E-state index contributed by atoms with van der Waals surface area (Å²) in [5, 5.41) is 12.8. The first-order chi connectivity index (χ1) is 8.73. The number of nitro benzene ring substituents is 1. The lowest BCUT2D eigenvalue weighted by Crippen LogP contribution is -2.37. The molecule has 102 valence electrons. The Hall–Kier alpha value is -2.38. The SMILES string of the molecule is CC(=O)C(C)NC(=O)c1cc(F)c(F)cc1[N+](=O)[O-]. The molecule has 0 heterocycles. The van der Waals surface area contributed by atoms with Crippen molar-refractivity contribution in [3.63, 3.8) is 0 Å². The van der Waals surface area contributed by atoms with E-state index in [1.165, 1.54) is 13.8 Å². The van der Waals surface area contributed by atoms with Crippen molar-refractivity contribution in [1.29, 1.82) is 0 Å². The van der Waals surface area contributed by atoms with E-state index in [1.807, 2.05) is 0 Å². The minimum absolute atomic E-state index is 0.322. The van der Waals surface area contributed by atoms with Gasteiger partial charge in [-0.3, -0.25) is 19.7 Å². The largest absolute Gasteiger partial charge is 0.342 e. The van der Waals surface area contributed by atoms with E-state index in [0.29, 0.717) is 12.1 Å². The zero-order valence-corrected chi connectivity index (χ0v) is 10.1. The molecule has 1 aromatic rings. The van der Waals surface area contributed by atoms with Gasteiger partial charge in [-0.25, -0.2) is 8.78 Å². The average Bonchev–Trinajstić information content (AvgIpc) is 2.31. The molecular weight excluding hydrogens is 262 g/mol. The molecule has 1 atom stereocenters. The fourth-order valence-electron chi connectivity index (χ4n) is 1.25. The first kappa shape index (κ1) is 14.7. The molecule has 0 aliphatic carbocycles. The second-order valence-corrected chi connectivity index (χ2v) is 3.85. The summed E-state index contributed by atoms with van der Waals surface area (Å²) >= 11 is 0. The molecule has 0 radical (unpaired) electrons. The van der Waals surface area contributed by atoms with Crippen molar-refractivity contribution >= 4 is 17.4 Å². The molecule has 0 aliphatic rings. The van der Waals surface area contributed by atoms with E-state index in [4.69, 9.17) is 0 Å². The van der Waals surface area contributed by atoms with Gasteiger partial charge in [0, 0.05) is 0 Å². The topological polar surface area (TPSA) is 89.3 Å². The molecule has 6 nitrogen and oxygen atoms in total. The highest BCUT2D eigenvalue weighted by molar-refractivity contribution is 6.00. The van der Waals surface area contributed by atoms with Gasteiger partial charge in [-0.15, -0.1) is 0 Å². The van der Waals surface area contributed by atoms with E-state index < -0.39 is 39.8 Å². The van der Waals surface area contributed by atoms with Gasteiger partial charge < -0.3 is 5.32 Å². The third kappa shape index (κ3) is 3.30. The van der Waals surface area contributed by atoms with E-state index in [9.17, 15) is 28.5 Å². The van der Waals surface area contributed by atoms with Crippen molar-refractivity contribution in [3.8, 4) is 0 Å². The summed E-state index contributed by atoms with van der Waals surface area (Å²) < 4.78 is 25.9. The van der Waals surface area contributed by atoms with Crippen LogP contribution in [0, 0.1) is 21.7 Å². The summed E-state index contributed by atoms with van der Waals surface area (Å²) in [7, 11) is 0. The molecule has 1 rings (SSSR count). The molecule has 8 heteroatoms. The molecular formula is C11H10F2N2O4. The van der Waals surface area contributed by atoms with Crippen LogP contribution in [-0.4, -0.2) is 22.7 Å². The van der Waals surface area contributed by atoms with Gasteiger partial charge in [-0.1, -0.05) is 0 Å². The fraction of sp³-hybridized carbons (Fsp3) is 0.273. The summed E-state index contributed by atoms with van der Waals surface area (Å²) in [4.78, 5) is 32.3. The Labute approximate surface area is 106 Å². The molecule has 1 N–H and O–H groups in total. The number of nitro groups is 1. The van der Waals surface area contributed by atoms with Crippen molar-refractivity contribution < 1.29 is 23.3 Å². The van der Waals surface area contributed by atoms with Gasteiger partial charge >= 0.3 is 0 Å². The number of nitrogens with one attached hydrogen (secondary N) is 1. The second kappa shape index (κ2) is 5.51. The highest BCUT2D eigenvalue weighted by Crippen LogP contribution is 2.22. The van der Waals surface area contributed by atoms with Crippen LogP contribution in [-0.2, 0) is 4.79 Å². The van der Waals surface area contributed by atoms with Gasteiger partial charge in [0.25, 0.3) is 11.6 Å². The molecule has 19 heavy (non-hydrogen) atoms. The van der Waals surface area contributed by atoms with Gasteiger partial charge in [-0.05, 0) is 19.9 Å². The Bertz CT molecular complexity index is 560. The maximum Gasteiger partial charge on any atom is 0.285 e. The van der Waals surface area contributed by atoms with Crippen molar-refractivity contribution in [3.05, 3.63) is 39.4 Å². The number of carbonyl (C=O) groups is 2. The Morgan fingerprint density at radius 3 is 2.32 bits per heavy atom. The molecule has 0 fully saturated rings. The lowest BCUT2D eigenvalue weighted by Gasteiger charge is -2.10. The number of benzene rings is 1. The number of Topliss-reactive ketones (excluding diaryl/α,β-unsaturated/α-hetero) is 1. The number of amides is 1. The first-order valence-corrected chi connectivity index (χ1v) is 5.18. The van der Waals surface area contributed by atoms with Crippen LogP contribution in [0.2, 0.25) is 0 Å². The van der Waals surface area contributed by atoms with Crippen LogP contribution < -0.4 is 5.32 Å². The zero-order valence-electron chi connectivity index (χ0n) is 10.1. The maximum absolute atomic E-state index is 13.0. The molecule has 0 saturated carbocycles. The summed E-state index contributed by atoms with van der Waals surface area (Å²) in [6.07, 6.45) is 0. The van der Waals surface area contributed by atoms with Crippen LogP contribution in [0.5, 0.6) is 0 Å². The Morgan fingerprint density at radius 1 is 1.32 bits per heavy atom. The maximum atomic E-state index is 13.0. The van der Waals surface area contributed by atoms with E-state index in [-0.39, 0.29) is 5.78 Å². The fourth-order valence-corrected chi connectivity index (χ4v) is 1.25. The minimum Gasteiger partial charge on any atom is -0.342 e. The molecule has 0 aromatic heterocycles. The third-order valence-electron chi connectivity index (χ3n) is 2.44. The molecule has 0 bridgehead atoms. The number of halogens is 2. The van der Waals surface area contributed by atoms with Crippen LogP contribution in [0.1, 0.15) is 24.2 Å². The third-order valence-corrected chi connectivity index (χ3v) is 2.44. The van der Waals surface area contributed by atoms with Crippen LogP contribution in [0.3, 0.4) is 0 Å². The number of nitrogens with zero attached hydrogens (tertiary/aromatic N) is 1. The van der Waals surface area contributed by atoms with E-state index in [0.717, 1.165) is 0 Å². The minimum atomic E-state index is -1.43.